The molecule has 9 aromatic rings. The number of hydrogen-bond acceptors (Lipinski definition) is 4. The summed E-state index contributed by atoms with van der Waals surface area (Å²) >= 11 is 0. The Labute approximate surface area is 271 Å². The largest absolute Gasteiger partial charge is 0.292 e. The van der Waals surface area contributed by atoms with E-state index in [-0.39, 0.29) is 0 Å². The van der Waals surface area contributed by atoms with Crippen LogP contribution in [0.4, 0.5) is 0 Å². The molecule has 0 amide bonds. The van der Waals surface area contributed by atoms with Gasteiger partial charge in [0.05, 0.1) is 11.0 Å². The molecular weight excluding hydrogens is 574 g/mol. The molecule has 0 saturated heterocycles. The topological polar surface area (TPSA) is 56.5 Å². The molecule has 0 aliphatic heterocycles. The van der Waals surface area contributed by atoms with Gasteiger partial charge in [-0.2, -0.15) is 0 Å². The van der Waals surface area contributed by atoms with Crippen LogP contribution in [0.2, 0.25) is 0 Å². The first-order valence-electron chi connectivity index (χ1n) is 15.7. The van der Waals surface area contributed by atoms with Crippen molar-refractivity contribution >= 4 is 32.6 Å². The first kappa shape index (κ1) is 26.9. The van der Waals surface area contributed by atoms with Crippen molar-refractivity contribution < 1.29 is 0 Å². The first-order valence-corrected chi connectivity index (χ1v) is 15.7. The molecule has 7 aromatic carbocycles. The second-order valence-corrected chi connectivity index (χ2v) is 11.5. The lowest BCUT2D eigenvalue weighted by atomic mass is 9.98. The standard InChI is InChI=1S/C42H27N5/c1-5-13-30(14-6-1)39-44-40(31-15-7-2-8-16-31)46-41(45-39)33-24-22-28-21-23-29-25-26-36-38(37(29)35(28)27-33)47(34-19-11-4-12-20-34)42(43-36)32-17-9-3-10-18-32/h1-27H. The zero-order chi connectivity index (χ0) is 31.2. The van der Waals surface area contributed by atoms with E-state index in [9.17, 15) is 0 Å². The normalized spacial score (nSPS) is 11.4. The van der Waals surface area contributed by atoms with Gasteiger partial charge in [0.15, 0.2) is 17.5 Å². The van der Waals surface area contributed by atoms with Gasteiger partial charge in [0.1, 0.15) is 5.82 Å². The van der Waals surface area contributed by atoms with E-state index in [2.05, 4.69) is 95.6 Å². The molecule has 0 bridgehead atoms. The lowest BCUT2D eigenvalue weighted by Crippen LogP contribution is -2.00. The van der Waals surface area contributed by atoms with Crippen LogP contribution in [0.5, 0.6) is 0 Å². The van der Waals surface area contributed by atoms with Crippen LogP contribution in [-0.4, -0.2) is 24.5 Å². The molecule has 0 radical (unpaired) electrons. The summed E-state index contributed by atoms with van der Waals surface area (Å²) in [7, 11) is 0. The maximum Gasteiger partial charge on any atom is 0.164 e. The molecule has 9 rings (SSSR count). The first-order chi connectivity index (χ1) is 23.3. The van der Waals surface area contributed by atoms with Crippen LogP contribution in [0.15, 0.2) is 164 Å². The van der Waals surface area contributed by atoms with E-state index in [4.69, 9.17) is 19.9 Å². The van der Waals surface area contributed by atoms with Crippen LogP contribution in [0.1, 0.15) is 0 Å². The average Bonchev–Trinajstić information content (AvgIpc) is 3.56. The van der Waals surface area contributed by atoms with E-state index in [1.54, 1.807) is 0 Å². The third kappa shape index (κ3) is 4.73. The summed E-state index contributed by atoms with van der Waals surface area (Å²) in [5.74, 6) is 2.82. The van der Waals surface area contributed by atoms with E-state index in [1.807, 2.05) is 72.8 Å². The summed E-state index contributed by atoms with van der Waals surface area (Å²) < 4.78 is 2.29. The van der Waals surface area contributed by atoms with E-state index in [0.717, 1.165) is 66.3 Å². The maximum absolute atomic E-state index is 5.22. The minimum absolute atomic E-state index is 0.630. The maximum atomic E-state index is 5.22. The zero-order valence-electron chi connectivity index (χ0n) is 25.3. The van der Waals surface area contributed by atoms with Gasteiger partial charge in [0.2, 0.25) is 0 Å². The molecule has 0 N–H and O–H groups in total. The Morgan fingerprint density at radius 2 is 0.872 bits per heavy atom. The van der Waals surface area contributed by atoms with Gasteiger partial charge in [-0.05, 0) is 40.4 Å². The second-order valence-electron chi connectivity index (χ2n) is 11.5. The third-order valence-electron chi connectivity index (χ3n) is 8.62. The molecule has 0 fully saturated rings. The van der Waals surface area contributed by atoms with Gasteiger partial charge in [-0.1, -0.05) is 140 Å². The van der Waals surface area contributed by atoms with Crippen molar-refractivity contribution in [2.24, 2.45) is 0 Å². The van der Waals surface area contributed by atoms with E-state index in [1.165, 1.54) is 0 Å². The SMILES string of the molecule is c1ccc(-c2nc(-c3ccccc3)nc(-c3ccc4ccc5ccc6nc(-c7ccccc7)n(-c7ccccc7)c6c5c4c3)n2)cc1. The Bertz CT molecular complexity index is 2490. The predicted molar refractivity (Wildman–Crippen MR) is 191 cm³/mol. The molecule has 47 heavy (non-hydrogen) atoms. The number of hydrogen-bond donors (Lipinski definition) is 0. The summed E-state index contributed by atoms with van der Waals surface area (Å²) in [6.07, 6.45) is 0. The number of nitrogens with zero attached hydrogens (tertiary/aromatic N) is 5. The molecule has 0 aliphatic carbocycles. The van der Waals surface area contributed by atoms with Crippen LogP contribution in [-0.2, 0) is 0 Å². The predicted octanol–water partition coefficient (Wildman–Crippen LogP) is 10.2. The Morgan fingerprint density at radius 3 is 1.49 bits per heavy atom. The number of aromatic nitrogens is 5. The lowest BCUT2D eigenvalue weighted by molar-refractivity contribution is 1.07. The molecule has 220 valence electrons. The summed E-state index contributed by atoms with van der Waals surface area (Å²) in [6.45, 7) is 0. The molecule has 2 aromatic heterocycles. The van der Waals surface area contributed by atoms with Crippen molar-refractivity contribution in [2.75, 3.05) is 0 Å². The number of rotatable bonds is 5. The van der Waals surface area contributed by atoms with Gasteiger partial charge in [0.25, 0.3) is 0 Å². The quantitative estimate of drug-likeness (QED) is 0.184. The summed E-state index contributed by atoms with van der Waals surface area (Å²) in [5.41, 5.74) is 6.95. The van der Waals surface area contributed by atoms with Crippen molar-refractivity contribution in [3.05, 3.63) is 164 Å². The minimum Gasteiger partial charge on any atom is -0.292 e. The fourth-order valence-electron chi connectivity index (χ4n) is 6.39. The fraction of sp³-hybridized carbons (Fsp3) is 0. The Kier molecular flexibility index (Phi) is 6.39. The van der Waals surface area contributed by atoms with Crippen molar-refractivity contribution in [3.63, 3.8) is 0 Å². The summed E-state index contributed by atoms with van der Waals surface area (Å²) in [6, 6.07) is 56.2. The molecule has 0 unspecified atom stereocenters. The Morgan fingerprint density at radius 1 is 0.383 bits per heavy atom. The molecular formula is C42H27N5. The monoisotopic (exact) mass is 601 g/mol. The van der Waals surface area contributed by atoms with Gasteiger partial charge in [-0.3, -0.25) is 4.57 Å². The van der Waals surface area contributed by atoms with E-state index < -0.39 is 0 Å². The highest BCUT2D eigenvalue weighted by atomic mass is 15.1. The lowest BCUT2D eigenvalue weighted by Gasteiger charge is -2.13. The summed E-state index contributed by atoms with van der Waals surface area (Å²) in [5, 5.41) is 4.53. The molecule has 0 atom stereocenters. The fourth-order valence-corrected chi connectivity index (χ4v) is 6.39. The van der Waals surface area contributed by atoms with Gasteiger partial charge in [-0.25, -0.2) is 19.9 Å². The highest BCUT2D eigenvalue weighted by molar-refractivity contribution is 6.20. The number of fused-ring (bicyclic) bond motifs is 5. The van der Waals surface area contributed by atoms with Crippen molar-refractivity contribution in [1.82, 2.24) is 24.5 Å². The van der Waals surface area contributed by atoms with Crippen LogP contribution >= 0.6 is 0 Å². The van der Waals surface area contributed by atoms with Crippen LogP contribution < -0.4 is 0 Å². The van der Waals surface area contributed by atoms with Crippen LogP contribution in [0, 0.1) is 0 Å². The summed E-state index contributed by atoms with van der Waals surface area (Å²) in [4.78, 5) is 20.1. The molecule has 5 nitrogen and oxygen atoms in total. The Hall–Kier alpha value is -6.46. The van der Waals surface area contributed by atoms with Crippen LogP contribution in [0.3, 0.4) is 0 Å². The van der Waals surface area contributed by atoms with Crippen molar-refractivity contribution in [2.45, 2.75) is 0 Å². The number of imidazole rings is 1. The van der Waals surface area contributed by atoms with Gasteiger partial charge in [-0.15, -0.1) is 0 Å². The van der Waals surface area contributed by atoms with E-state index in [0.29, 0.717) is 17.5 Å². The third-order valence-corrected chi connectivity index (χ3v) is 8.62. The highest BCUT2D eigenvalue weighted by Crippen LogP contribution is 2.38. The zero-order valence-corrected chi connectivity index (χ0v) is 25.3. The van der Waals surface area contributed by atoms with Crippen molar-refractivity contribution in [1.29, 1.82) is 0 Å². The Balaban J connectivity index is 1.34. The second kappa shape index (κ2) is 11.2. The molecule has 5 heteroatoms. The van der Waals surface area contributed by atoms with Crippen LogP contribution in [0.25, 0.3) is 83.8 Å². The van der Waals surface area contributed by atoms with Crippen molar-refractivity contribution in [3.8, 4) is 51.2 Å². The number of para-hydroxylation sites is 1. The molecule has 0 spiro atoms. The average molecular weight is 602 g/mol. The molecule has 2 heterocycles. The smallest absolute Gasteiger partial charge is 0.164 e. The van der Waals surface area contributed by atoms with Gasteiger partial charge < -0.3 is 0 Å². The van der Waals surface area contributed by atoms with E-state index >= 15 is 0 Å². The minimum atomic E-state index is 0.630. The number of benzene rings is 7. The highest BCUT2D eigenvalue weighted by Gasteiger charge is 2.19. The molecule has 0 aliphatic rings. The van der Waals surface area contributed by atoms with Gasteiger partial charge >= 0.3 is 0 Å². The van der Waals surface area contributed by atoms with Gasteiger partial charge in [0, 0.05) is 33.3 Å². The molecule has 0 saturated carbocycles.